The van der Waals surface area contributed by atoms with Crippen molar-refractivity contribution >= 4 is 17.2 Å². The topological polar surface area (TPSA) is 39.2 Å². The lowest BCUT2D eigenvalue weighted by Crippen LogP contribution is -1.99. The van der Waals surface area contributed by atoms with Crippen LogP contribution in [-0.2, 0) is 0 Å². The predicted molar refractivity (Wildman–Crippen MR) is 58.6 cm³/mol. The fraction of sp³-hybridized carbons (Fsp3) is 0.167. The quantitative estimate of drug-likeness (QED) is 0.741. The molecular formula is C12H10FNO2. The van der Waals surface area contributed by atoms with Crippen molar-refractivity contribution in [3.63, 3.8) is 0 Å². The third kappa shape index (κ3) is 2.16. The smallest absolute Gasteiger partial charge is 0.150 e. The number of ether oxygens (including phenoxy) is 1. The minimum atomic E-state index is -0.535. The molecule has 1 aromatic heterocycles. The molecule has 0 aliphatic heterocycles. The Morgan fingerprint density at radius 3 is 3.00 bits per heavy atom. The number of rotatable bonds is 4. The second kappa shape index (κ2) is 4.70. The number of fused-ring (bicyclic) bond motifs is 1. The Labute approximate surface area is 91.9 Å². The van der Waals surface area contributed by atoms with Crippen LogP contribution in [0.3, 0.4) is 0 Å². The zero-order valence-corrected chi connectivity index (χ0v) is 8.52. The van der Waals surface area contributed by atoms with E-state index in [-0.39, 0.29) is 6.61 Å². The Balaban J connectivity index is 2.38. The van der Waals surface area contributed by atoms with E-state index in [4.69, 9.17) is 4.74 Å². The number of carbonyl (C=O) groups is 1. The third-order valence-electron chi connectivity index (χ3n) is 2.16. The molecule has 0 fully saturated rings. The van der Waals surface area contributed by atoms with Gasteiger partial charge in [-0.15, -0.1) is 0 Å². The van der Waals surface area contributed by atoms with E-state index >= 15 is 0 Å². The highest BCUT2D eigenvalue weighted by atomic mass is 19.1. The van der Waals surface area contributed by atoms with Gasteiger partial charge in [-0.3, -0.25) is 9.78 Å². The first-order valence-corrected chi connectivity index (χ1v) is 4.87. The first-order chi connectivity index (χ1) is 7.83. The molecule has 4 heteroatoms. The maximum absolute atomic E-state index is 11.9. The summed E-state index contributed by atoms with van der Waals surface area (Å²) in [6.07, 6.45) is 2.31. The van der Waals surface area contributed by atoms with E-state index in [2.05, 4.69) is 4.98 Å². The highest BCUT2D eigenvalue weighted by molar-refractivity contribution is 5.87. The fourth-order valence-electron chi connectivity index (χ4n) is 1.44. The summed E-state index contributed by atoms with van der Waals surface area (Å²) in [5.74, 6) is 0.508. The van der Waals surface area contributed by atoms with Gasteiger partial charge in [0, 0.05) is 10.9 Å². The van der Waals surface area contributed by atoms with E-state index in [1.54, 1.807) is 30.5 Å². The second-order valence-corrected chi connectivity index (χ2v) is 3.28. The van der Waals surface area contributed by atoms with Crippen LogP contribution in [0.2, 0.25) is 0 Å². The molecule has 0 saturated carbocycles. The summed E-state index contributed by atoms with van der Waals surface area (Å²) < 4.78 is 17.0. The maximum Gasteiger partial charge on any atom is 0.150 e. The van der Waals surface area contributed by atoms with Crippen LogP contribution in [0.4, 0.5) is 4.39 Å². The summed E-state index contributed by atoms with van der Waals surface area (Å²) >= 11 is 0. The monoisotopic (exact) mass is 219 g/mol. The number of halogens is 1. The SMILES string of the molecule is O=Cc1ccc2ncc(OCCF)cc2c1. The maximum atomic E-state index is 11.9. The van der Waals surface area contributed by atoms with Crippen LogP contribution < -0.4 is 4.74 Å². The summed E-state index contributed by atoms with van der Waals surface area (Å²) in [6, 6.07) is 6.92. The molecule has 2 rings (SSSR count). The Morgan fingerprint density at radius 1 is 1.38 bits per heavy atom. The average Bonchev–Trinajstić information content (AvgIpc) is 2.35. The van der Waals surface area contributed by atoms with Gasteiger partial charge in [0.15, 0.2) is 0 Å². The van der Waals surface area contributed by atoms with Crippen molar-refractivity contribution in [1.82, 2.24) is 4.98 Å². The molecule has 0 spiro atoms. The Hall–Kier alpha value is -1.97. The van der Waals surface area contributed by atoms with E-state index < -0.39 is 6.67 Å². The van der Waals surface area contributed by atoms with Gasteiger partial charge in [0.1, 0.15) is 25.3 Å². The molecule has 0 saturated heterocycles. The summed E-state index contributed by atoms with van der Waals surface area (Å²) in [5, 5.41) is 0.806. The summed E-state index contributed by atoms with van der Waals surface area (Å²) in [7, 11) is 0. The Bertz CT molecular complexity index is 513. The second-order valence-electron chi connectivity index (χ2n) is 3.28. The van der Waals surface area contributed by atoms with Gasteiger partial charge in [-0.05, 0) is 24.3 Å². The van der Waals surface area contributed by atoms with Crippen LogP contribution in [0, 0.1) is 0 Å². The van der Waals surface area contributed by atoms with E-state index in [1.807, 2.05) is 0 Å². The predicted octanol–water partition coefficient (Wildman–Crippen LogP) is 2.40. The Morgan fingerprint density at radius 2 is 2.25 bits per heavy atom. The molecule has 0 atom stereocenters. The number of hydrogen-bond acceptors (Lipinski definition) is 3. The van der Waals surface area contributed by atoms with Gasteiger partial charge in [0.05, 0.1) is 11.7 Å². The number of benzene rings is 1. The van der Waals surface area contributed by atoms with E-state index in [1.165, 1.54) is 0 Å². The third-order valence-corrected chi connectivity index (χ3v) is 2.16. The highest BCUT2D eigenvalue weighted by Gasteiger charge is 2.00. The first kappa shape index (κ1) is 10.5. The van der Waals surface area contributed by atoms with Gasteiger partial charge in [-0.2, -0.15) is 0 Å². The molecule has 82 valence electrons. The minimum absolute atomic E-state index is 0.0144. The van der Waals surface area contributed by atoms with Gasteiger partial charge in [-0.25, -0.2) is 4.39 Å². The summed E-state index contributed by atoms with van der Waals surface area (Å²) in [5.41, 5.74) is 1.36. The number of pyridine rings is 1. The van der Waals surface area contributed by atoms with Crippen LogP contribution in [0.25, 0.3) is 10.9 Å². The van der Waals surface area contributed by atoms with Gasteiger partial charge in [-0.1, -0.05) is 0 Å². The minimum Gasteiger partial charge on any atom is -0.489 e. The number of alkyl halides is 1. The van der Waals surface area contributed by atoms with Crippen LogP contribution in [0.1, 0.15) is 10.4 Å². The van der Waals surface area contributed by atoms with E-state index in [9.17, 15) is 9.18 Å². The highest BCUT2D eigenvalue weighted by Crippen LogP contribution is 2.19. The van der Waals surface area contributed by atoms with Crippen molar-refractivity contribution in [2.75, 3.05) is 13.3 Å². The van der Waals surface area contributed by atoms with Crippen molar-refractivity contribution in [3.8, 4) is 5.75 Å². The molecule has 0 N–H and O–H groups in total. The van der Waals surface area contributed by atoms with Crippen molar-refractivity contribution in [2.24, 2.45) is 0 Å². The van der Waals surface area contributed by atoms with Crippen LogP contribution >= 0.6 is 0 Å². The van der Waals surface area contributed by atoms with Crippen molar-refractivity contribution in [1.29, 1.82) is 0 Å². The summed E-state index contributed by atoms with van der Waals surface area (Å²) in [4.78, 5) is 14.8. The molecule has 0 radical (unpaired) electrons. The van der Waals surface area contributed by atoms with E-state index in [0.717, 1.165) is 17.2 Å². The van der Waals surface area contributed by atoms with Gasteiger partial charge < -0.3 is 4.74 Å². The van der Waals surface area contributed by atoms with Gasteiger partial charge >= 0.3 is 0 Å². The zero-order valence-electron chi connectivity index (χ0n) is 8.52. The van der Waals surface area contributed by atoms with Crippen molar-refractivity contribution < 1.29 is 13.9 Å². The molecule has 2 aromatic rings. The molecule has 0 amide bonds. The average molecular weight is 219 g/mol. The molecule has 16 heavy (non-hydrogen) atoms. The number of aromatic nitrogens is 1. The normalized spacial score (nSPS) is 10.3. The molecule has 0 bridgehead atoms. The van der Waals surface area contributed by atoms with Crippen LogP contribution in [0.15, 0.2) is 30.5 Å². The van der Waals surface area contributed by atoms with Crippen molar-refractivity contribution in [3.05, 3.63) is 36.0 Å². The number of hydrogen-bond donors (Lipinski definition) is 0. The number of aldehydes is 1. The lowest BCUT2D eigenvalue weighted by molar-refractivity contribution is 0.112. The molecular weight excluding hydrogens is 209 g/mol. The first-order valence-electron chi connectivity index (χ1n) is 4.87. The van der Waals surface area contributed by atoms with E-state index in [0.29, 0.717) is 11.3 Å². The molecule has 3 nitrogen and oxygen atoms in total. The summed E-state index contributed by atoms with van der Waals surface area (Å²) in [6.45, 7) is -0.521. The molecule has 0 aliphatic carbocycles. The lowest BCUT2D eigenvalue weighted by atomic mass is 10.1. The fourth-order valence-corrected chi connectivity index (χ4v) is 1.44. The number of nitrogens with zero attached hydrogens (tertiary/aromatic N) is 1. The lowest BCUT2D eigenvalue weighted by Gasteiger charge is -2.04. The number of carbonyl (C=O) groups excluding carboxylic acids is 1. The van der Waals surface area contributed by atoms with Crippen LogP contribution in [0.5, 0.6) is 5.75 Å². The standard InChI is InChI=1S/C12H10FNO2/c13-3-4-16-11-6-10-5-9(8-15)1-2-12(10)14-7-11/h1-2,5-8H,3-4H2. The largest absolute Gasteiger partial charge is 0.489 e. The molecule has 1 heterocycles. The molecule has 1 aromatic carbocycles. The molecule has 0 aliphatic rings. The molecule has 0 unspecified atom stereocenters. The Kier molecular flexibility index (Phi) is 3.10. The van der Waals surface area contributed by atoms with Gasteiger partial charge in [0.25, 0.3) is 0 Å². The van der Waals surface area contributed by atoms with Crippen LogP contribution in [-0.4, -0.2) is 24.6 Å². The van der Waals surface area contributed by atoms with Gasteiger partial charge in [0.2, 0.25) is 0 Å². The van der Waals surface area contributed by atoms with Crippen molar-refractivity contribution in [2.45, 2.75) is 0 Å². The zero-order chi connectivity index (χ0) is 11.4.